The topological polar surface area (TPSA) is 77.1 Å². The molecule has 0 unspecified atom stereocenters. The molecule has 0 bridgehead atoms. The number of ether oxygens (including phenoxy) is 3. The number of thioether (sulfide) groups is 1. The maximum atomic E-state index is 12.8. The van der Waals surface area contributed by atoms with Crippen LogP contribution >= 0.6 is 24.0 Å². The minimum atomic E-state index is -0.355. The third-order valence-corrected chi connectivity index (χ3v) is 5.92. The number of carbonyl (C=O) groups is 2. The van der Waals surface area contributed by atoms with Crippen molar-refractivity contribution in [3.63, 3.8) is 0 Å². The molecular formula is C22H22N2O5S2. The lowest BCUT2D eigenvalue weighted by atomic mass is 10.1. The summed E-state index contributed by atoms with van der Waals surface area (Å²) in [6.07, 6.45) is 1.78. The van der Waals surface area contributed by atoms with Crippen LogP contribution in [0.5, 0.6) is 17.2 Å². The van der Waals surface area contributed by atoms with Gasteiger partial charge in [0.15, 0.2) is 0 Å². The van der Waals surface area contributed by atoms with Gasteiger partial charge in [-0.25, -0.2) is 0 Å². The molecule has 2 aromatic rings. The first-order valence-corrected chi connectivity index (χ1v) is 10.6. The number of thiocarbonyl (C=S) groups is 1. The van der Waals surface area contributed by atoms with Crippen LogP contribution in [0, 0.1) is 0 Å². The predicted octanol–water partition coefficient (Wildman–Crippen LogP) is 3.34. The zero-order chi connectivity index (χ0) is 22.4. The van der Waals surface area contributed by atoms with E-state index in [2.05, 4.69) is 5.32 Å². The van der Waals surface area contributed by atoms with Crippen LogP contribution in [-0.4, -0.2) is 55.5 Å². The van der Waals surface area contributed by atoms with E-state index in [0.29, 0.717) is 32.0 Å². The molecule has 3 rings (SSSR count). The smallest absolute Gasteiger partial charge is 0.266 e. The second kappa shape index (κ2) is 10.3. The number of hydrogen-bond acceptors (Lipinski definition) is 7. The maximum Gasteiger partial charge on any atom is 0.266 e. The van der Waals surface area contributed by atoms with Crippen LogP contribution in [0.1, 0.15) is 15.9 Å². The van der Waals surface area contributed by atoms with Crippen molar-refractivity contribution in [1.82, 2.24) is 10.2 Å². The molecule has 0 aliphatic carbocycles. The normalized spacial score (nSPS) is 14.7. The number of rotatable bonds is 8. The van der Waals surface area contributed by atoms with Crippen molar-refractivity contribution in [2.45, 2.75) is 0 Å². The molecule has 2 aromatic carbocycles. The summed E-state index contributed by atoms with van der Waals surface area (Å²) >= 11 is 6.59. The van der Waals surface area contributed by atoms with Crippen LogP contribution in [0.15, 0.2) is 47.4 Å². The van der Waals surface area contributed by atoms with E-state index < -0.39 is 0 Å². The van der Waals surface area contributed by atoms with Gasteiger partial charge in [-0.3, -0.25) is 14.5 Å². The zero-order valence-electron chi connectivity index (χ0n) is 17.3. The number of carbonyl (C=O) groups excluding carboxylic acids is 2. The van der Waals surface area contributed by atoms with E-state index in [4.69, 9.17) is 26.4 Å². The molecule has 1 aliphatic rings. The molecule has 0 spiro atoms. The van der Waals surface area contributed by atoms with Gasteiger partial charge in [-0.1, -0.05) is 42.2 Å². The SMILES string of the molecule is COc1cccc(/C=C2/SC(=S)N(CCNC(=O)c3c(OC)cccc3OC)C2=O)c1. The summed E-state index contributed by atoms with van der Waals surface area (Å²) in [6.45, 7) is 0.474. The van der Waals surface area contributed by atoms with E-state index in [1.54, 1.807) is 31.4 Å². The van der Waals surface area contributed by atoms with Gasteiger partial charge in [-0.2, -0.15) is 0 Å². The fourth-order valence-electron chi connectivity index (χ4n) is 3.02. The fourth-order valence-corrected chi connectivity index (χ4v) is 4.33. The Labute approximate surface area is 190 Å². The van der Waals surface area contributed by atoms with Gasteiger partial charge in [0.1, 0.15) is 27.1 Å². The number of amides is 2. The van der Waals surface area contributed by atoms with Gasteiger partial charge < -0.3 is 19.5 Å². The highest BCUT2D eigenvalue weighted by Crippen LogP contribution is 2.33. The number of nitrogens with zero attached hydrogens (tertiary/aromatic N) is 1. The van der Waals surface area contributed by atoms with E-state index in [1.165, 1.54) is 30.9 Å². The van der Waals surface area contributed by atoms with Gasteiger partial charge >= 0.3 is 0 Å². The summed E-state index contributed by atoms with van der Waals surface area (Å²) in [5, 5.41) is 2.80. The van der Waals surface area contributed by atoms with Crippen molar-refractivity contribution >= 4 is 46.2 Å². The quantitative estimate of drug-likeness (QED) is 0.480. The first-order chi connectivity index (χ1) is 15.0. The minimum absolute atomic E-state index is 0.193. The molecule has 2 amide bonds. The Kier molecular flexibility index (Phi) is 7.54. The Hall–Kier alpha value is -3.04. The lowest BCUT2D eigenvalue weighted by Gasteiger charge is -2.16. The van der Waals surface area contributed by atoms with Crippen LogP contribution in [0.4, 0.5) is 0 Å². The molecule has 7 nitrogen and oxygen atoms in total. The van der Waals surface area contributed by atoms with E-state index in [9.17, 15) is 9.59 Å². The Morgan fingerprint density at radius 1 is 1.10 bits per heavy atom. The number of methoxy groups -OCH3 is 3. The molecule has 162 valence electrons. The van der Waals surface area contributed by atoms with Crippen LogP contribution in [0.2, 0.25) is 0 Å². The highest BCUT2D eigenvalue weighted by atomic mass is 32.2. The van der Waals surface area contributed by atoms with Crippen molar-refractivity contribution in [2.75, 3.05) is 34.4 Å². The van der Waals surface area contributed by atoms with Gasteiger partial charge in [0.05, 0.1) is 26.2 Å². The standard InChI is InChI=1S/C22H22N2O5S2/c1-27-15-7-4-6-14(12-15)13-18-21(26)24(22(30)31-18)11-10-23-20(25)19-16(28-2)8-5-9-17(19)29-3/h4-9,12-13H,10-11H2,1-3H3,(H,23,25)/b18-13+. The lowest BCUT2D eigenvalue weighted by Crippen LogP contribution is -2.37. The van der Waals surface area contributed by atoms with Gasteiger partial charge in [0.25, 0.3) is 11.8 Å². The predicted molar refractivity (Wildman–Crippen MR) is 125 cm³/mol. The zero-order valence-corrected chi connectivity index (χ0v) is 19.0. The first kappa shape index (κ1) is 22.6. The number of benzene rings is 2. The largest absolute Gasteiger partial charge is 0.497 e. The molecule has 0 radical (unpaired) electrons. The Morgan fingerprint density at radius 3 is 2.42 bits per heavy atom. The van der Waals surface area contributed by atoms with Crippen molar-refractivity contribution < 1.29 is 23.8 Å². The van der Waals surface area contributed by atoms with Gasteiger partial charge in [0.2, 0.25) is 0 Å². The lowest BCUT2D eigenvalue weighted by molar-refractivity contribution is -0.122. The van der Waals surface area contributed by atoms with E-state index in [1.807, 2.05) is 24.3 Å². The van der Waals surface area contributed by atoms with Gasteiger partial charge in [-0.05, 0) is 35.9 Å². The van der Waals surface area contributed by atoms with Crippen molar-refractivity contribution in [2.24, 2.45) is 0 Å². The molecule has 1 N–H and O–H groups in total. The maximum absolute atomic E-state index is 12.8. The number of nitrogens with one attached hydrogen (secondary N) is 1. The molecule has 0 atom stereocenters. The molecule has 1 saturated heterocycles. The van der Waals surface area contributed by atoms with Crippen molar-refractivity contribution in [3.8, 4) is 17.2 Å². The Balaban J connectivity index is 1.65. The Bertz CT molecular complexity index is 1020. The summed E-state index contributed by atoms with van der Waals surface area (Å²) in [7, 11) is 4.56. The van der Waals surface area contributed by atoms with Crippen molar-refractivity contribution in [1.29, 1.82) is 0 Å². The van der Waals surface area contributed by atoms with E-state index >= 15 is 0 Å². The minimum Gasteiger partial charge on any atom is -0.497 e. The van der Waals surface area contributed by atoms with E-state index in [-0.39, 0.29) is 24.9 Å². The molecule has 9 heteroatoms. The molecule has 0 saturated carbocycles. The number of hydrogen-bond donors (Lipinski definition) is 1. The molecule has 31 heavy (non-hydrogen) atoms. The van der Waals surface area contributed by atoms with Crippen molar-refractivity contribution in [3.05, 3.63) is 58.5 Å². The second-order valence-electron chi connectivity index (χ2n) is 6.40. The highest BCUT2D eigenvalue weighted by molar-refractivity contribution is 8.26. The summed E-state index contributed by atoms with van der Waals surface area (Å²) in [4.78, 5) is 27.5. The summed E-state index contributed by atoms with van der Waals surface area (Å²) in [6, 6.07) is 12.5. The highest BCUT2D eigenvalue weighted by Gasteiger charge is 2.31. The third kappa shape index (κ3) is 5.18. The average Bonchev–Trinajstić information content (AvgIpc) is 3.05. The van der Waals surface area contributed by atoms with Gasteiger partial charge in [0, 0.05) is 13.1 Å². The molecule has 1 aliphatic heterocycles. The monoisotopic (exact) mass is 458 g/mol. The molecular weight excluding hydrogens is 436 g/mol. The average molecular weight is 459 g/mol. The van der Waals surface area contributed by atoms with Crippen LogP contribution in [0.3, 0.4) is 0 Å². The summed E-state index contributed by atoms with van der Waals surface area (Å²) in [5.41, 5.74) is 1.15. The fraction of sp³-hybridized carbons (Fsp3) is 0.227. The second-order valence-corrected chi connectivity index (χ2v) is 8.08. The van der Waals surface area contributed by atoms with Crippen LogP contribution < -0.4 is 19.5 Å². The van der Waals surface area contributed by atoms with E-state index in [0.717, 1.165) is 5.56 Å². The third-order valence-electron chi connectivity index (χ3n) is 4.54. The summed E-state index contributed by atoms with van der Waals surface area (Å²) in [5.74, 6) is 0.972. The molecule has 0 aromatic heterocycles. The Morgan fingerprint density at radius 2 is 1.77 bits per heavy atom. The molecule has 1 fully saturated rings. The summed E-state index contributed by atoms with van der Waals surface area (Å²) < 4.78 is 16.2. The first-order valence-electron chi connectivity index (χ1n) is 9.37. The van der Waals surface area contributed by atoms with Gasteiger partial charge in [-0.15, -0.1) is 0 Å². The molecule has 1 heterocycles. The van der Waals surface area contributed by atoms with Crippen LogP contribution in [-0.2, 0) is 4.79 Å². The van der Waals surface area contributed by atoms with Crippen LogP contribution in [0.25, 0.3) is 6.08 Å².